The summed E-state index contributed by atoms with van der Waals surface area (Å²) in [5, 5.41) is 4.46. The highest BCUT2D eigenvalue weighted by Crippen LogP contribution is 2.48. The average molecular weight is 744 g/mol. The fourth-order valence-electron chi connectivity index (χ4n) is 10.2. The molecule has 12 rings (SSSR count). The summed E-state index contributed by atoms with van der Waals surface area (Å²) in [5.74, 6) is 4.47. The second kappa shape index (κ2) is 12.3. The lowest BCUT2D eigenvalue weighted by molar-refractivity contribution is 0.151. The van der Waals surface area contributed by atoms with Gasteiger partial charge in [0.05, 0.1) is 27.8 Å². The van der Waals surface area contributed by atoms with Crippen LogP contribution in [0.2, 0.25) is 0 Å². The summed E-state index contributed by atoms with van der Waals surface area (Å²) in [7, 11) is 0. The first kappa shape index (κ1) is 32.7. The fraction of sp³-hybridized carbons (Fsp3) is 0.220. The molecule has 7 heteroatoms. The highest BCUT2D eigenvalue weighted by Gasteiger charge is 2.36. The van der Waals surface area contributed by atoms with E-state index in [9.17, 15) is 0 Å². The van der Waals surface area contributed by atoms with Crippen LogP contribution >= 0.6 is 0 Å². The molecular weight excluding hydrogens is 703 g/mol. The van der Waals surface area contributed by atoms with Crippen LogP contribution in [-0.4, -0.2) is 23.9 Å². The van der Waals surface area contributed by atoms with Gasteiger partial charge in [0.25, 0.3) is 0 Å². The first-order valence-corrected chi connectivity index (χ1v) is 20.3. The fourth-order valence-corrected chi connectivity index (χ4v) is 10.2. The molecule has 1 saturated carbocycles. The minimum atomic E-state index is 0.456. The number of para-hydroxylation sites is 2. The Morgan fingerprint density at radius 2 is 1.56 bits per heavy atom. The SMILES string of the molecule is CC1(C)CCC(C2Cc3ccnc(-c4cc(Oc5ccc6c(c5)n(-c5ccccn5)c5nc7ccccc7n65)cc5c4oc4ccc6ccccc6c45)c3C2)CC1. The molecule has 0 spiro atoms. The van der Waals surface area contributed by atoms with Gasteiger partial charge in [0, 0.05) is 34.8 Å². The molecule has 10 aromatic rings. The number of fused-ring (bicyclic) bond motifs is 11. The van der Waals surface area contributed by atoms with E-state index in [4.69, 9.17) is 24.1 Å². The van der Waals surface area contributed by atoms with Crippen LogP contribution in [0, 0.1) is 17.3 Å². The van der Waals surface area contributed by atoms with Crippen molar-refractivity contribution in [2.75, 3.05) is 0 Å². The van der Waals surface area contributed by atoms with Crippen LogP contribution in [0.15, 0.2) is 132 Å². The predicted octanol–water partition coefficient (Wildman–Crippen LogP) is 12.7. The zero-order valence-corrected chi connectivity index (χ0v) is 32.1. The molecule has 0 aliphatic heterocycles. The summed E-state index contributed by atoms with van der Waals surface area (Å²) in [6.45, 7) is 4.86. The minimum Gasteiger partial charge on any atom is -0.457 e. The van der Waals surface area contributed by atoms with Gasteiger partial charge in [-0.1, -0.05) is 62.4 Å². The summed E-state index contributed by atoms with van der Waals surface area (Å²) >= 11 is 0. The third-order valence-corrected chi connectivity index (χ3v) is 13.1. The first-order chi connectivity index (χ1) is 28.0. The molecule has 2 aliphatic rings. The van der Waals surface area contributed by atoms with E-state index in [1.54, 1.807) is 0 Å². The lowest BCUT2D eigenvalue weighted by atomic mass is 9.69. The lowest BCUT2D eigenvalue weighted by Gasteiger charge is -2.37. The Balaban J connectivity index is 1.03. The third-order valence-electron chi connectivity index (χ3n) is 13.1. The number of imidazole rings is 2. The molecule has 5 heterocycles. The number of aromatic nitrogens is 5. The van der Waals surface area contributed by atoms with Crippen LogP contribution in [0.25, 0.3) is 77.6 Å². The van der Waals surface area contributed by atoms with Gasteiger partial charge in [-0.15, -0.1) is 0 Å². The van der Waals surface area contributed by atoms with Gasteiger partial charge in [0.15, 0.2) is 0 Å². The Bertz CT molecular complexity index is 3220. The topological polar surface area (TPSA) is 70.4 Å². The maximum Gasteiger partial charge on any atom is 0.221 e. The van der Waals surface area contributed by atoms with Gasteiger partial charge in [-0.2, -0.15) is 0 Å². The Morgan fingerprint density at radius 1 is 0.702 bits per heavy atom. The molecule has 0 N–H and O–H groups in total. The first-order valence-electron chi connectivity index (χ1n) is 20.3. The van der Waals surface area contributed by atoms with E-state index in [0.717, 1.165) is 103 Å². The van der Waals surface area contributed by atoms with Crippen LogP contribution in [0.3, 0.4) is 0 Å². The zero-order chi connectivity index (χ0) is 37.8. The summed E-state index contributed by atoms with van der Waals surface area (Å²) < 4.78 is 18.1. The molecule has 57 heavy (non-hydrogen) atoms. The Morgan fingerprint density at radius 3 is 2.46 bits per heavy atom. The molecule has 1 unspecified atom stereocenters. The van der Waals surface area contributed by atoms with Crippen LogP contribution in [0.4, 0.5) is 0 Å². The molecule has 2 aliphatic carbocycles. The van der Waals surface area contributed by atoms with Crippen molar-refractivity contribution in [1.29, 1.82) is 0 Å². The molecule has 5 aromatic heterocycles. The van der Waals surface area contributed by atoms with Gasteiger partial charge in [0.2, 0.25) is 5.78 Å². The molecule has 7 nitrogen and oxygen atoms in total. The van der Waals surface area contributed by atoms with E-state index < -0.39 is 0 Å². The van der Waals surface area contributed by atoms with Crippen molar-refractivity contribution in [2.24, 2.45) is 17.3 Å². The molecule has 0 radical (unpaired) electrons. The molecule has 0 saturated heterocycles. The van der Waals surface area contributed by atoms with Gasteiger partial charge in [-0.25, -0.2) is 9.97 Å². The molecule has 1 fully saturated rings. The van der Waals surface area contributed by atoms with Crippen molar-refractivity contribution >= 4 is 60.6 Å². The number of nitrogens with zero attached hydrogens (tertiary/aromatic N) is 5. The molecule has 0 amide bonds. The lowest BCUT2D eigenvalue weighted by Crippen LogP contribution is -2.26. The van der Waals surface area contributed by atoms with Crippen LogP contribution < -0.4 is 4.74 Å². The largest absolute Gasteiger partial charge is 0.457 e. The molecular formula is C50H41N5O2. The maximum absolute atomic E-state index is 6.96. The van der Waals surface area contributed by atoms with E-state index >= 15 is 0 Å². The van der Waals surface area contributed by atoms with Crippen molar-refractivity contribution in [3.8, 4) is 28.6 Å². The maximum atomic E-state index is 6.96. The Labute approximate surface area is 329 Å². The van der Waals surface area contributed by atoms with Crippen LogP contribution in [0.1, 0.15) is 50.7 Å². The van der Waals surface area contributed by atoms with Crippen molar-refractivity contribution < 1.29 is 9.15 Å². The molecule has 0 bridgehead atoms. The molecule has 1 atom stereocenters. The number of furan rings is 1. The second-order valence-corrected chi connectivity index (χ2v) is 17.1. The number of ether oxygens (including phenoxy) is 1. The monoisotopic (exact) mass is 743 g/mol. The molecule has 5 aromatic carbocycles. The van der Waals surface area contributed by atoms with Crippen molar-refractivity contribution in [2.45, 2.75) is 52.4 Å². The minimum absolute atomic E-state index is 0.456. The summed E-state index contributed by atoms with van der Waals surface area (Å²) in [5.41, 5.74) is 10.9. The highest BCUT2D eigenvalue weighted by molar-refractivity contribution is 6.21. The number of pyridine rings is 2. The van der Waals surface area contributed by atoms with Crippen molar-refractivity contribution in [3.05, 3.63) is 139 Å². The summed E-state index contributed by atoms with van der Waals surface area (Å²) in [6, 6.07) is 39.9. The van der Waals surface area contributed by atoms with Crippen molar-refractivity contribution in [3.63, 3.8) is 0 Å². The van der Waals surface area contributed by atoms with Crippen LogP contribution in [0.5, 0.6) is 11.5 Å². The normalized spacial score (nSPS) is 17.1. The van der Waals surface area contributed by atoms with Gasteiger partial charge >= 0.3 is 0 Å². The second-order valence-electron chi connectivity index (χ2n) is 17.1. The van der Waals surface area contributed by atoms with E-state index in [0.29, 0.717) is 11.3 Å². The average Bonchev–Trinajstić information content (AvgIpc) is 4.01. The van der Waals surface area contributed by atoms with Crippen molar-refractivity contribution in [1.82, 2.24) is 23.9 Å². The number of rotatable bonds is 5. The van der Waals surface area contributed by atoms with Crippen LogP contribution in [-0.2, 0) is 12.8 Å². The molecule has 278 valence electrons. The van der Waals surface area contributed by atoms with E-state index in [-0.39, 0.29) is 0 Å². The Hall–Kier alpha value is -6.47. The summed E-state index contributed by atoms with van der Waals surface area (Å²) in [6.07, 6.45) is 11.2. The summed E-state index contributed by atoms with van der Waals surface area (Å²) in [4.78, 5) is 15.0. The Kier molecular flexibility index (Phi) is 7.04. The number of benzene rings is 5. The van der Waals surface area contributed by atoms with E-state index in [1.165, 1.54) is 42.2 Å². The highest BCUT2D eigenvalue weighted by atomic mass is 16.5. The third kappa shape index (κ3) is 5.14. The number of hydrogen-bond donors (Lipinski definition) is 0. The van der Waals surface area contributed by atoms with Gasteiger partial charge < -0.3 is 9.15 Å². The standard InChI is InChI=1S/C50H41N5O2/c1-50(2)21-18-30(19-22-50)33-25-32-20-24-52-47(37(32)26-33)39-28-35(27-38-46-36-10-4-3-9-31(36)14-17-44(46)57-48(38)39)56-34-15-16-42-43(29-34)55(45-13-7-8-23-51-45)49-53-40-11-5-6-12-41(40)54(42)49/h3-17,20,23-24,27-30,33H,18-19,21-22,25-26H2,1-2H3. The van der Waals surface area contributed by atoms with E-state index in [2.05, 4.69) is 114 Å². The number of hydrogen-bond acceptors (Lipinski definition) is 5. The van der Waals surface area contributed by atoms with E-state index in [1.807, 2.05) is 36.7 Å². The quantitative estimate of drug-likeness (QED) is 0.176. The predicted molar refractivity (Wildman–Crippen MR) is 228 cm³/mol. The smallest absolute Gasteiger partial charge is 0.221 e. The van der Waals surface area contributed by atoms with Gasteiger partial charge in [-0.3, -0.25) is 14.0 Å². The van der Waals surface area contributed by atoms with Gasteiger partial charge in [-0.05, 0) is 138 Å². The van der Waals surface area contributed by atoms with Gasteiger partial charge in [0.1, 0.15) is 28.5 Å². The zero-order valence-electron chi connectivity index (χ0n) is 32.1.